The van der Waals surface area contributed by atoms with Crippen LogP contribution in [-0.2, 0) is 11.3 Å². The summed E-state index contributed by atoms with van der Waals surface area (Å²) >= 11 is 0. The fourth-order valence-corrected chi connectivity index (χ4v) is 2.87. The number of hydrogen-bond acceptors (Lipinski definition) is 4. The first-order valence-electron chi connectivity index (χ1n) is 8.71. The molecular formula is C20H21F2NO4. The summed E-state index contributed by atoms with van der Waals surface area (Å²) < 4.78 is 43.1. The normalized spacial score (nSPS) is 16.2. The van der Waals surface area contributed by atoms with Crippen molar-refractivity contribution in [3.05, 3.63) is 59.2 Å². The number of carbonyl (C=O) groups excluding carboxylic acids is 1. The van der Waals surface area contributed by atoms with Gasteiger partial charge in [-0.1, -0.05) is 6.07 Å². The second-order valence-electron chi connectivity index (χ2n) is 6.27. The van der Waals surface area contributed by atoms with Crippen molar-refractivity contribution in [2.24, 2.45) is 0 Å². The molecule has 1 atom stereocenters. The Bertz CT molecular complexity index is 786. The number of amides is 1. The van der Waals surface area contributed by atoms with Crippen LogP contribution in [0.3, 0.4) is 0 Å². The molecule has 1 heterocycles. The highest BCUT2D eigenvalue weighted by Gasteiger charge is 2.17. The fraction of sp³-hybridized carbons (Fsp3) is 0.350. The third-order valence-electron chi connectivity index (χ3n) is 4.25. The number of methoxy groups -OCH3 is 1. The summed E-state index contributed by atoms with van der Waals surface area (Å²) in [6.07, 6.45) is 2.12. The molecule has 1 saturated heterocycles. The molecule has 2 aromatic carbocycles. The smallest absolute Gasteiger partial charge is 0.251 e. The number of rotatable bonds is 7. The molecule has 1 aliphatic heterocycles. The van der Waals surface area contributed by atoms with Gasteiger partial charge in [-0.05, 0) is 42.7 Å². The van der Waals surface area contributed by atoms with Crippen LogP contribution in [0.25, 0.3) is 0 Å². The summed E-state index contributed by atoms with van der Waals surface area (Å²) in [5, 5.41) is 2.63. The van der Waals surface area contributed by atoms with Crippen LogP contribution in [0.5, 0.6) is 11.5 Å². The summed E-state index contributed by atoms with van der Waals surface area (Å²) in [5.74, 6) is -1.03. The molecule has 1 N–H and O–H groups in total. The topological polar surface area (TPSA) is 56.8 Å². The third kappa shape index (κ3) is 5.17. The highest BCUT2D eigenvalue weighted by Crippen LogP contribution is 2.29. The predicted octanol–water partition coefficient (Wildman–Crippen LogP) is 3.46. The van der Waals surface area contributed by atoms with E-state index in [0.29, 0.717) is 18.1 Å². The summed E-state index contributed by atoms with van der Waals surface area (Å²) in [5.41, 5.74) is 0.692. The van der Waals surface area contributed by atoms with Gasteiger partial charge in [0.15, 0.2) is 11.5 Å². The predicted molar refractivity (Wildman–Crippen MR) is 95.0 cm³/mol. The summed E-state index contributed by atoms with van der Waals surface area (Å²) in [6, 6.07) is 7.99. The lowest BCUT2D eigenvalue weighted by Crippen LogP contribution is -2.23. The van der Waals surface area contributed by atoms with Gasteiger partial charge in [0.1, 0.15) is 18.2 Å². The first-order chi connectivity index (χ1) is 13.0. The lowest BCUT2D eigenvalue weighted by Gasteiger charge is -2.15. The van der Waals surface area contributed by atoms with E-state index in [9.17, 15) is 13.6 Å². The zero-order chi connectivity index (χ0) is 19.2. The molecule has 144 valence electrons. The van der Waals surface area contributed by atoms with Crippen LogP contribution >= 0.6 is 0 Å². The fourth-order valence-electron chi connectivity index (χ4n) is 2.87. The van der Waals surface area contributed by atoms with E-state index in [1.54, 1.807) is 18.2 Å². The van der Waals surface area contributed by atoms with Gasteiger partial charge < -0.3 is 19.5 Å². The molecule has 5 nitrogen and oxygen atoms in total. The quantitative estimate of drug-likeness (QED) is 0.803. The van der Waals surface area contributed by atoms with Gasteiger partial charge >= 0.3 is 0 Å². The average Bonchev–Trinajstić information content (AvgIpc) is 3.17. The van der Waals surface area contributed by atoms with Crippen molar-refractivity contribution < 1.29 is 27.8 Å². The Morgan fingerprint density at radius 1 is 1.19 bits per heavy atom. The molecule has 1 fully saturated rings. The van der Waals surface area contributed by atoms with Crippen molar-refractivity contribution in [3.63, 3.8) is 0 Å². The molecule has 0 radical (unpaired) electrons. The van der Waals surface area contributed by atoms with Gasteiger partial charge in [-0.2, -0.15) is 0 Å². The Hall–Kier alpha value is -2.67. The van der Waals surface area contributed by atoms with E-state index in [1.807, 2.05) is 0 Å². The molecule has 0 aromatic heterocycles. The molecule has 27 heavy (non-hydrogen) atoms. The van der Waals surface area contributed by atoms with E-state index in [2.05, 4.69) is 5.32 Å². The zero-order valence-electron chi connectivity index (χ0n) is 15.0. The van der Waals surface area contributed by atoms with E-state index in [-0.39, 0.29) is 18.2 Å². The molecule has 7 heteroatoms. The van der Waals surface area contributed by atoms with E-state index >= 15 is 0 Å². The average molecular weight is 377 g/mol. The van der Waals surface area contributed by atoms with Crippen molar-refractivity contribution in [3.8, 4) is 11.5 Å². The summed E-state index contributed by atoms with van der Waals surface area (Å²) in [4.78, 5) is 12.1. The summed E-state index contributed by atoms with van der Waals surface area (Å²) in [7, 11) is 1.53. The Morgan fingerprint density at radius 2 is 1.96 bits per heavy atom. The van der Waals surface area contributed by atoms with Gasteiger partial charge in [0.05, 0.1) is 13.2 Å². The number of nitrogens with one attached hydrogen (secondary N) is 1. The molecular weight excluding hydrogens is 356 g/mol. The first-order valence-corrected chi connectivity index (χ1v) is 8.71. The van der Waals surface area contributed by atoms with Gasteiger partial charge in [-0.3, -0.25) is 4.79 Å². The Kier molecular flexibility index (Phi) is 6.24. The number of carbonyl (C=O) groups is 1. The van der Waals surface area contributed by atoms with Crippen molar-refractivity contribution >= 4 is 5.91 Å². The van der Waals surface area contributed by atoms with Crippen LogP contribution in [0, 0.1) is 11.6 Å². The number of hydrogen-bond donors (Lipinski definition) is 1. The standard InChI is InChI=1S/C20H21F2NO4/c1-25-19-7-13(4-5-18(19)27-12-17-3-2-6-26-17)11-23-20(24)14-8-15(21)10-16(22)9-14/h4-5,7-10,17H,2-3,6,11-12H2,1H3,(H,23,24). The first kappa shape index (κ1) is 19.1. The largest absolute Gasteiger partial charge is 0.493 e. The van der Waals surface area contributed by atoms with Crippen molar-refractivity contribution in [2.75, 3.05) is 20.3 Å². The van der Waals surface area contributed by atoms with Crippen LogP contribution in [0.4, 0.5) is 8.78 Å². The monoisotopic (exact) mass is 377 g/mol. The highest BCUT2D eigenvalue weighted by molar-refractivity contribution is 5.94. The molecule has 0 spiro atoms. The maximum Gasteiger partial charge on any atom is 0.251 e. The van der Waals surface area contributed by atoms with Gasteiger partial charge in [0.2, 0.25) is 0 Å². The van der Waals surface area contributed by atoms with E-state index in [1.165, 1.54) is 7.11 Å². The second-order valence-corrected chi connectivity index (χ2v) is 6.27. The molecule has 0 aliphatic carbocycles. The minimum absolute atomic E-state index is 0.0732. The number of halogens is 2. The van der Waals surface area contributed by atoms with E-state index < -0.39 is 17.5 Å². The van der Waals surface area contributed by atoms with E-state index in [4.69, 9.17) is 14.2 Å². The zero-order valence-corrected chi connectivity index (χ0v) is 15.0. The summed E-state index contributed by atoms with van der Waals surface area (Å²) in [6.45, 7) is 1.40. The van der Waals surface area contributed by atoms with Crippen molar-refractivity contribution in [1.29, 1.82) is 0 Å². The Labute approximate surface area is 156 Å². The molecule has 3 rings (SSSR count). The minimum atomic E-state index is -0.797. The number of benzene rings is 2. The number of ether oxygens (including phenoxy) is 3. The maximum absolute atomic E-state index is 13.2. The SMILES string of the molecule is COc1cc(CNC(=O)c2cc(F)cc(F)c2)ccc1OCC1CCCO1. The van der Waals surface area contributed by atoms with Crippen LogP contribution in [0.2, 0.25) is 0 Å². The van der Waals surface area contributed by atoms with Crippen molar-refractivity contribution in [1.82, 2.24) is 5.32 Å². The molecule has 0 saturated carbocycles. The minimum Gasteiger partial charge on any atom is -0.493 e. The third-order valence-corrected chi connectivity index (χ3v) is 4.25. The van der Waals surface area contributed by atoms with Gasteiger partial charge in [-0.25, -0.2) is 8.78 Å². The Morgan fingerprint density at radius 3 is 2.63 bits per heavy atom. The van der Waals surface area contributed by atoms with Gasteiger partial charge in [-0.15, -0.1) is 0 Å². The van der Waals surface area contributed by atoms with Crippen LogP contribution < -0.4 is 14.8 Å². The van der Waals surface area contributed by atoms with Gasteiger partial charge in [0.25, 0.3) is 5.91 Å². The molecule has 2 aromatic rings. The Balaban J connectivity index is 1.60. The van der Waals surface area contributed by atoms with Crippen LogP contribution in [0.1, 0.15) is 28.8 Å². The molecule has 1 amide bonds. The van der Waals surface area contributed by atoms with Crippen molar-refractivity contribution in [2.45, 2.75) is 25.5 Å². The maximum atomic E-state index is 13.2. The lowest BCUT2D eigenvalue weighted by molar-refractivity contribution is 0.0669. The molecule has 0 bridgehead atoms. The molecule has 1 unspecified atom stereocenters. The highest BCUT2D eigenvalue weighted by atomic mass is 19.1. The second kappa shape index (κ2) is 8.81. The molecule has 1 aliphatic rings. The van der Waals surface area contributed by atoms with Crippen LogP contribution in [-0.4, -0.2) is 32.3 Å². The van der Waals surface area contributed by atoms with Crippen LogP contribution in [0.15, 0.2) is 36.4 Å². The lowest BCUT2D eigenvalue weighted by atomic mass is 10.1. The van der Waals surface area contributed by atoms with Gasteiger partial charge in [0, 0.05) is 24.8 Å². The van der Waals surface area contributed by atoms with E-state index in [0.717, 1.165) is 43.2 Å².